The largest absolute Gasteiger partial charge is 0.480 e. The monoisotopic (exact) mass is 357 g/mol. The molecule has 1 saturated heterocycles. The summed E-state index contributed by atoms with van der Waals surface area (Å²) in [5, 5.41) is 13.2. The number of rotatable bonds is 6. The molecule has 1 fully saturated rings. The lowest BCUT2D eigenvalue weighted by molar-refractivity contribution is -0.138. The molecule has 1 aromatic carbocycles. The summed E-state index contributed by atoms with van der Waals surface area (Å²) in [7, 11) is 1.90. The number of carbonyl (C=O) groups is 1. The Labute approximate surface area is 154 Å². The first kappa shape index (κ1) is 18.6. The van der Waals surface area contributed by atoms with Crippen LogP contribution in [0.1, 0.15) is 30.6 Å². The maximum atomic E-state index is 10.9. The lowest BCUT2D eigenvalue weighted by atomic mass is 10.1. The molecule has 0 radical (unpaired) electrons. The van der Waals surface area contributed by atoms with Gasteiger partial charge in [0, 0.05) is 24.2 Å². The molecule has 1 atom stereocenters. The molecule has 6 heteroatoms. The highest BCUT2D eigenvalue weighted by Gasteiger charge is 2.22. The van der Waals surface area contributed by atoms with Crippen LogP contribution in [0, 0.1) is 6.92 Å². The zero-order chi connectivity index (χ0) is 18.5. The Morgan fingerprint density at radius 3 is 2.81 bits per heavy atom. The van der Waals surface area contributed by atoms with Crippen molar-refractivity contribution < 1.29 is 14.4 Å². The van der Waals surface area contributed by atoms with Gasteiger partial charge in [0.25, 0.3) is 0 Å². The summed E-state index contributed by atoms with van der Waals surface area (Å²) < 4.78 is 5.54. The van der Waals surface area contributed by atoms with Gasteiger partial charge < -0.3 is 9.63 Å². The molecule has 0 spiro atoms. The molecule has 0 bridgehead atoms. The van der Waals surface area contributed by atoms with Gasteiger partial charge in [-0.2, -0.15) is 0 Å². The van der Waals surface area contributed by atoms with Crippen LogP contribution >= 0.6 is 0 Å². The Morgan fingerprint density at radius 1 is 1.31 bits per heavy atom. The van der Waals surface area contributed by atoms with Gasteiger partial charge in [0.2, 0.25) is 0 Å². The molecular weight excluding hydrogens is 330 g/mol. The van der Waals surface area contributed by atoms with Crippen LogP contribution in [0.15, 0.2) is 34.9 Å². The molecule has 1 aliphatic heterocycles. The van der Waals surface area contributed by atoms with Crippen LogP contribution in [0.2, 0.25) is 0 Å². The first-order chi connectivity index (χ1) is 12.5. The molecule has 1 aromatic heterocycles. The molecule has 1 N–H and O–H groups in total. The predicted molar refractivity (Wildman–Crippen MR) is 99.9 cm³/mol. The Kier molecular flexibility index (Phi) is 6.06. The molecule has 0 saturated carbocycles. The quantitative estimate of drug-likeness (QED) is 0.857. The van der Waals surface area contributed by atoms with Gasteiger partial charge >= 0.3 is 5.97 Å². The van der Waals surface area contributed by atoms with E-state index >= 15 is 0 Å². The normalized spacial score (nSPS) is 18.8. The van der Waals surface area contributed by atoms with E-state index in [0.29, 0.717) is 6.04 Å². The van der Waals surface area contributed by atoms with E-state index < -0.39 is 5.97 Å². The number of aromatic nitrogens is 1. The van der Waals surface area contributed by atoms with Gasteiger partial charge in [-0.05, 0) is 39.8 Å². The van der Waals surface area contributed by atoms with Crippen molar-refractivity contribution in [2.24, 2.45) is 0 Å². The van der Waals surface area contributed by atoms with E-state index in [-0.39, 0.29) is 6.54 Å². The highest BCUT2D eigenvalue weighted by molar-refractivity contribution is 5.69. The van der Waals surface area contributed by atoms with Crippen molar-refractivity contribution in [1.29, 1.82) is 0 Å². The van der Waals surface area contributed by atoms with E-state index in [1.165, 1.54) is 5.56 Å². The summed E-state index contributed by atoms with van der Waals surface area (Å²) in [4.78, 5) is 15.2. The molecular formula is C20H27N3O3. The smallest absolute Gasteiger partial charge is 0.317 e. The zero-order valence-electron chi connectivity index (χ0n) is 15.5. The van der Waals surface area contributed by atoms with Gasteiger partial charge in [-0.25, -0.2) is 0 Å². The number of likely N-dealkylation sites (N-methyl/N-ethyl adjacent to an activating group) is 1. The van der Waals surface area contributed by atoms with Crippen molar-refractivity contribution in [1.82, 2.24) is 15.0 Å². The number of nitrogens with zero attached hydrogens (tertiary/aromatic N) is 3. The number of aryl methyl sites for hydroxylation is 1. The van der Waals surface area contributed by atoms with Crippen LogP contribution in [-0.4, -0.2) is 58.8 Å². The second-order valence-electron chi connectivity index (χ2n) is 7.21. The molecule has 3 rings (SSSR count). The number of carboxylic acids is 1. The topological polar surface area (TPSA) is 69.8 Å². The molecule has 6 nitrogen and oxygen atoms in total. The van der Waals surface area contributed by atoms with Gasteiger partial charge in [-0.3, -0.25) is 14.6 Å². The Balaban J connectivity index is 1.56. The molecule has 1 unspecified atom stereocenters. The molecule has 2 heterocycles. The van der Waals surface area contributed by atoms with Crippen LogP contribution in [0.5, 0.6) is 0 Å². The van der Waals surface area contributed by atoms with Gasteiger partial charge in [0.1, 0.15) is 5.69 Å². The summed E-state index contributed by atoms with van der Waals surface area (Å²) in [6.45, 7) is 4.85. The summed E-state index contributed by atoms with van der Waals surface area (Å²) in [6.07, 6.45) is 3.07. The number of likely N-dealkylation sites (tertiary alicyclic amines) is 1. The number of carboxylic acid groups (broad SMARTS) is 1. The van der Waals surface area contributed by atoms with Crippen molar-refractivity contribution in [2.75, 3.05) is 26.7 Å². The summed E-state index contributed by atoms with van der Waals surface area (Å²) in [6, 6.07) is 10.6. The molecule has 26 heavy (non-hydrogen) atoms. The maximum Gasteiger partial charge on any atom is 0.317 e. The zero-order valence-corrected chi connectivity index (χ0v) is 15.5. The van der Waals surface area contributed by atoms with Gasteiger partial charge in [-0.15, -0.1) is 0 Å². The third-order valence-electron chi connectivity index (χ3n) is 5.08. The van der Waals surface area contributed by atoms with Gasteiger partial charge in [0.05, 0.1) is 13.1 Å². The maximum absolute atomic E-state index is 10.9. The second-order valence-corrected chi connectivity index (χ2v) is 7.21. The Morgan fingerprint density at radius 2 is 2.08 bits per heavy atom. The fourth-order valence-electron chi connectivity index (χ4n) is 3.55. The van der Waals surface area contributed by atoms with Crippen molar-refractivity contribution >= 4 is 5.97 Å². The minimum Gasteiger partial charge on any atom is -0.480 e. The Hall–Kier alpha value is -2.18. The summed E-state index contributed by atoms with van der Waals surface area (Å²) in [5.74, 6) is 0.108. The van der Waals surface area contributed by atoms with Crippen LogP contribution in [0.4, 0.5) is 0 Å². The van der Waals surface area contributed by atoms with Gasteiger partial charge in [-0.1, -0.05) is 35.0 Å². The number of aliphatic carboxylic acids is 1. The average Bonchev–Trinajstić information content (AvgIpc) is 2.93. The lowest BCUT2D eigenvalue weighted by Crippen LogP contribution is -2.36. The van der Waals surface area contributed by atoms with E-state index in [2.05, 4.69) is 41.2 Å². The lowest BCUT2D eigenvalue weighted by Gasteiger charge is -2.25. The highest BCUT2D eigenvalue weighted by atomic mass is 16.5. The highest BCUT2D eigenvalue weighted by Crippen LogP contribution is 2.22. The number of benzene rings is 1. The van der Waals surface area contributed by atoms with E-state index in [0.717, 1.165) is 55.9 Å². The van der Waals surface area contributed by atoms with Crippen LogP contribution < -0.4 is 0 Å². The fourth-order valence-corrected chi connectivity index (χ4v) is 3.55. The minimum atomic E-state index is -0.765. The molecule has 0 amide bonds. The van der Waals surface area contributed by atoms with Crippen molar-refractivity contribution in [3.8, 4) is 11.3 Å². The third-order valence-corrected chi connectivity index (χ3v) is 5.08. The minimum absolute atomic E-state index is 0.104. The second kappa shape index (κ2) is 8.47. The van der Waals surface area contributed by atoms with Crippen molar-refractivity contribution in [2.45, 2.75) is 38.8 Å². The van der Waals surface area contributed by atoms with E-state index in [1.807, 2.05) is 18.0 Å². The van der Waals surface area contributed by atoms with Crippen LogP contribution in [0.25, 0.3) is 11.3 Å². The number of hydrogen-bond donors (Lipinski definition) is 1. The SMILES string of the molecule is Cc1ccc(-c2cc(CN3CCCC(N(C)CC(=O)O)CC3)on2)cc1. The van der Waals surface area contributed by atoms with Crippen molar-refractivity contribution in [3.05, 3.63) is 41.7 Å². The fraction of sp³-hybridized carbons (Fsp3) is 0.500. The van der Waals surface area contributed by atoms with Crippen LogP contribution in [0.3, 0.4) is 0 Å². The van der Waals surface area contributed by atoms with Crippen LogP contribution in [-0.2, 0) is 11.3 Å². The van der Waals surface area contributed by atoms with E-state index in [9.17, 15) is 4.79 Å². The average molecular weight is 357 g/mol. The summed E-state index contributed by atoms with van der Waals surface area (Å²) >= 11 is 0. The molecule has 2 aromatic rings. The first-order valence-corrected chi connectivity index (χ1v) is 9.18. The Bertz CT molecular complexity index is 726. The predicted octanol–water partition coefficient (Wildman–Crippen LogP) is 3.02. The van der Waals surface area contributed by atoms with Gasteiger partial charge in [0.15, 0.2) is 5.76 Å². The van der Waals surface area contributed by atoms with E-state index in [1.54, 1.807) is 0 Å². The summed E-state index contributed by atoms with van der Waals surface area (Å²) in [5.41, 5.74) is 3.16. The van der Waals surface area contributed by atoms with E-state index in [4.69, 9.17) is 9.63 Å². The molecule has 140 valence electrons. The third kappa shape index (κ3) is 4.93. The van der Waals surface area contributed by atoms with Crippen molar-refractivity contribution in [3.63, 3.8) is 0 Å². The standard InChI is InChI=1S/C20H27N3O3/c1-15-5-7-16(8-6-15)19-12-18(26-21-19)13-23-10-3-4-17(9-11-23)22(2)14-20(24)25/h5-8,12,17H,3-4,9-11,13-14H2,1-2H3,(H,24,25). The number of hydrogen-bond acceptors (Lipinski definition) is 5. The molecule has 0 aliphatic carbocycles. The first-order valence-electron chi connectivity index (χ1n) is 9.18. The molecule has 1 aliphatic rings.